The predicted octanol–water partition coefficient (Wildman–Crippen LogP) is 4.81. The number of para-hydroxylation sites is 2. The van der Waals surface area contributed by atoms with E-state index >= 15 is 0 Å². The SMILES string of the molecule is O=C(O)Cc1c(C2(CC(=O)O)C(C3=C(O)c4ccccc4C3=O)=Nc3ccccc32)[nH]c2ccccc12. The van der Waals surface area contributed by atoms with Gasteiger partial charge in [-0.3, -0.25) is 19.4 Å². The van der Waals surface area contributed by atoms with E-state index < -0.39 is 29.6 Å². The number of benzene rings is 3. The van der Waals surface area contributed by atoms with E-state index in [0.29, 0.717) is 44.5 Å². The van der Waals surface area contributed by atoms with Gasteiger partial charge in [-0.2, -0.15) is 0 Å². The van der Waals surface area contributed by atoms with E-state index in [1.165, 1.54) is 0 Å². The van der Waals surface area contributed by atoms with Gasteiger partial charge in [-0.05, 0) is 23.3 Å². The van der Waals surface area contributed by atoms with E-state index in [9.17, 15) is 29.7 Å². The van der Waals surface area contributed by atoms with Crippen LogP contribution >= 0.6 is 0 Å². The maximum Gasteiger partial charge on any atom is 0.307 e. The zero-order valence-corrected chi connectivity index (χ0v) is 19.4. The third-order valence-corrected chi connectivity index (χ3v) is 7.11. The number of aromatic nitrogens is 1. The van der Waals surface area contributed by atoms with Crippen molar-refractivity contribution in [3.63, 3.8) is 0 Å². The molecule has 4 aromatic rings. The van der Waals surface area contributed by atoms with Crippen LogP contribution < -0.4 is 0 Å². The molecule has 2 aliphatic rings. The van der Waals surface area contributed by atoms with Crippen molar-refractivity contribution in [1.29, 1.82) is 0 Å². The molecule has 1 atom stereocenters. The van der Waals surface area contributed by atoms with Crippen LogP contribution in [0.2, 0.25) is 0 Å². The van der Waals surface area contributed by atoms with Crippen LogP contribution in [0, 0.1) is 0 Å². The number of hydrogen-bond acceptors (Lipinski definition) is 5. The molecule has 0 spiro atoms. The van der Waals surface area contributed by atoms with E-state index in [-0.39, 0.29) is 23.5 Å². The number of fused-ring (bicyclic) bond motifs is 3. The molecule has 1 aromatic heterocycles. The van der Waals surface area contributed by atoms with Gasteiger partial charge in [0, 0.05) is 27.7 Å². The number of aliphatic hydroxyl groups is 1. The number of hydrogen-bond donors (Lipinski definition) is 4. The first-order valence-corrected chi connectivity index (χ1v) is 11.6. The minimum Gasteiger partial charge on any atom is -0.506 e. The summed E-state index contributed by atoms with van der Waals surface area (Å²) in [5.74, 6) is -3.01. The van der Waals surface area contributed by atoms with E-state index in [0.717, 1.165) is 0 Å². The first-order valence-electron chi connectivity index (χ1n) is 11.6. The van der Waals surface area contributed by atoms with Crippen molar-refractivity contribution in [2.75, 3.05) is 0 Å². The Balaban J connectivity index is 1.72. The average Bonchev–Trinajstić information content (AvgIpc) is 3.48. The number of aromatic amines is 1. The summed E-state index contributed by atoms with van der Waals surface area (Å²) < 4.78 is 0. The molecule has 1 unspecified atom stereocenters. The molecule has 8 nitrogen and oxygen atoms in total. The number of aliphatic imine (C=N–C) groups is 1. The molecular weight excluding hydrogens is 472 g/mol. The molecule has 6 rings (SSSR count). The van der Waals surface area contributed by atoms with E-state index in [1.54, 1.807) is 72.8 Å². The van der Waals surface area contributed by atoms with Gasteiger partial charge in [0.2, 0.25) is 0 Å². The molecule has 0 radical (unpaired) electrons. The summed E-state index contributed by atoms with van der Waals surface area (Å²) in [6, 6.07) is 20.7. The number of carbonyl (C=O) groups is 3. The molecule has 3 aromatic carbocycles. The topological polar surface area (TPSA) is 140 Å². The highest BCUT2D eigenvalue weighted by molar-refractivity contribution is 6.39. The number of carbonyl (C=O) groups excluding carboxylic acids is 1. The van der Waals surface area contributed by atoms with Crippen LogP contribution in [-0.2, 0) is 21.4 Å². The third-order valence-electron chi connectivity index (χ3n) is 7.11. The Hall–Kier alpha value is -4.98. The van der Waals surface area contributed by atoms with Crippen molar-refractivity contribution < 1.29 is 29.7 Å². The minimum atomic E-state index is -1.56. The Bertz CT molecular complexity index is 1730. The van der Waals surface area contributed by atoms with Gasteiger partial charge < -0.3 is 20.3 Å². The van der Waals surface area contributed by atoms with Crippen molar-refractivity contribution >= 4 is 45.8 Å². The Labute approximate surface area is 210 Å². The maximum absolute atomic E-state index is 13.6. The molecule has 2 heterocycles. The summed E-state index contributed by atoms with van der Waals surface area (Å²) in [6.07, 6.45) is -0.905. The van der Waals surface area contributed by atoms with E-state index in [2.05, 4.69) is 4.98 Å². The molecule has 1 aliphatic heterocycles. The second-order valence-electron chi connectivity index (χ2n) is 9.15. The summed E-state index contributed by atoms with van der Waals surface area (Å²) >= 11 is 0. The summed E-state index contributed by atoms with van der Waals surface area (Å²) in [4.78, 5) is 46.1. The molecule has 0 saturated heterocycles. The zero-order valence-electron chi connectivity index (χ0n) is 19.4. The average molecular weight is 492 g/mol. The highest BCUT2D eigenvalue weighted by atomic mass is 16.4. The lowest BCUT2D eigenvalue weighted by Gasteiger charge is -2.31. The Morgan fingerprint density at radius 1 is 0.865 bits per heavy atom. The maximum atomic E-state index is 13.6. The van der Waals surface area contributed by atoms with Crippen LogP contribution in [0.1, 0.15) is 39.2 Å². The number of nitrogens with zero attached hydrogens (tertiary/aromatic N) is 1. The molecule has 8 heteroatoms. The number of allylic oxidation sites excluding steroid dienone is 1. The van der Waals surface area contributed by atoms with Crippen LogP contribution in [0.15, 0.2) is 83.4 Å². The van der Waals surface area contributed by atoms with Gasteiger partial charge in [-0.1, -0.05) is 60.7 Å². The number of nitrogens with one attached hydrogen (secondary N) is 1. The largest absolute Gasteiger partial charge is 0.506 e. The second kappa shape index (κ2) is 8.03. The Morgan fingerprint density at radius 2 is 1.54 bits per heavy atom. The summed E-state index contributed by atoms with van der Waals surface area (Å²) in [5.41, 5.74) is 1.37. The Kier molecular flexibility index (Phi) is 4.88. The fourth-order valence-corrected chi connectivity index (χ4v) is 5.68. The van der Waals surface area contributed by atoms with Crippen molar-refractivity contribution in [3.05, 3.63) is 106 Å². The molecule has 0 fully saturated rings. The molecule has 0 saturated carbocycles. The first kappa shape index (κ1) is 22.5. The lowest BCUT2D eigenvalue weighted by atomic mass is 9.68. The summed E-state index contributed by atoms with van der Waals surface area (Å²) in [5, 5.41) is 31.9. The van der Waals surface area contributed by atoms with Crippen molar-refractivity contribution in [3.8, 4) is 0 Å². The van der Waals surface area contributed by atoms with Gasteiger partial charge in [-0.25, -0.2) is 0 Å². The van der Waals surface area contributed by atoms with Crippen LogP contribution in [0.3, 0.4) is 0 Å². The van der Waals surface area contributed by atoms with Gasteiger partial charge in [0.15, 0.2) is 5.78 Å². The number of carboxylic acids is 2. The molecule has 0 amide bonds. The number of ketones is 1. The molecule has 1 aliphatic carbocycles. The van der Waals surface area contributed by atoms with Crippen molar-refractivity contribution in [2.45, 2.75) is 18.3 Å². The van der Waals surface area contributed by atoms with Crippen LogP contribution in [0.5, 0.6) is 0 Å². The zero-order chi connectivity index (χ0) is 25.9. The Morgan fingerprint density at radius 3 is 2.27 bits per heavy atom. The number of aliphatic hydroxyl groups excluding tert-OH is 1. The number of carboxylic acid groups (broad SMARTS) is 2. The molecule has 182 valence electrons. The number of rotatable bonds is 6. The normalized spacial score (nSPS) is 18.2. The van der Waals surface area contributed by atoms with Gasteiger partial charge in [-0.15, -0.1) is 0 Å². The van der Waals surface area contributed by atoms with Gasteiger partial charge in [0.05, 0.1) is 35.2 Å². The molecule has 0 bridgehead atoms. The lowest BCUT2D eigenvalue weighted by Crippen LogP contribution is -2.40. The van der Waals surface area contributed by atoms with Gasteiger partial charge >= 0.3 is 11.9 Å². The predicted molar refractivity (Wildman–Crippen MR) is 137 cm³/mol. The lowest BCUT2D eigenvalue weighted by molar-refractivity contribution is -0.138. The number of H-pyrrole nitrogens is 1. The smallest absolute Gasteiger partial charge is 0.307 e. The van der Waals surface area contributed by atoms with Crippen LogP contribution in [0.25, 0.3) is 16.7 Å². The third kappa shape index (κ3) is 3.15. The number of aliphatic carboxylic acids is 2. The van der Waals surface area contributed by atoms with Crippen molar-refractivity contribution in [1.82, 2.24) is 4.98 Å². The highest BCUT2D eigenvalue weighted by Gasteiger charge is 2.53. The monoisotopic (exact) mass is 492 g/mol. The van der Waals surface area contributed by atoms with E-state index in [4.69, 9.17) is 4.99 Å². The molecular formula is C29H20N2O6. The minimum absolute atomic E-state index is 0.0768. The van der Waals surface area contributed by atoms with Gasteiger partial charge in [0.1, 0.15) is 5.76 Å². The molecule has 37 heavy (non-hydrogen) atoms. The van der Waals surface area contributed by atoms with Gasteiger partial charge in [0.25, 0.3) is 0 Å². The van der Waals surface area contributed by atoms with E-state index in [1.807, 2.05) is 0 Å². The standard InChI is InChI=1S/C29H20N2O6/c32-22(33)13-18-15-7-3-5-11-20(15)30-27(18)29(14-23(34)35)19-10-4-6-12-21(19)31-28(29)24-25(36)16-8-1-2-9-17(16)26(24)37/h1-12,30,36H,13-14H2,(H,32,33)(H,34,35). The second-order valence-corrected chi connectivity index (χ2v) is 9.15. The first-order chi connectivity index (χ1) is 17.8. The van der Waals surface area contributed by atoms with Crippen molar-refractivity contribution in [2.24, 2.45) is 4.99 Å². The highest BCUT2D eigenvalue weighted by Crippen LogP contribution is 2.52. The van der Waals surface area contributed by atoms with Crippen LogP contribution in [-0.4, -0.2) is 43.7 Å². The summed E-state index contributed by atoms with van der Waals surface area (Å²) in [7, 11) is 0. The fraction of sp³-hybridized carbons (Fsp3) is 0.103. The molecule has 4 N–H and O–H groups in total. The quantitative estimate of drug-likeness (QED) is 0.305. The fourth-order valence-electron chi connectivity index (χ4n) is 5.68. The summed E-state index contributed by atoms with van der Waals surface area (Å²) in [6.45, 7) is 0. The van der Waals surface area contributed by atoms with Crippen LogP contribution in [0.4, 0.5) is 5.69 Å². The number of Topliss-reactive ketones (excluding diaryl/α,β-unsaturated/α-hetero) is 1.